The molecule has 17 heavy (non-hydrogen) atoms. The Morgan fingerprint density at radius 3 is 2.41 bits per heavy atom. The zero-order valence-electron chi connectivity index (χ0n) is 11.1. The highest BCUT2D eigenvalue weighted by atomic mass is 35.7. The molecule has 0 aromatic heterocycles. The molecule has 1 aromatic carbocycles. The van der Waals surface area contributed by atoms with Crippen LogP contribution in [0, 0.1) is 6.92 Å². The second-order valence-electron chi connectivity index (χ2n) is 5.08. The summed E-state index contributed by atoms with van der Waals surface area (Å²) < 4.78 is 10.7. The van der Waals surface area contributed by atoms with Crippen LogP contribution in [0.5, 0.6) is 5.75 Å². The Morgan fingerprint density at radius 1 is 1.29 bits per heavy atom. The number of hydrogen-bond acceptors (Lipinski definition) is 2. The molecule has 2 nitrogen and oxygen atoms in total. The number of methoxy groups -OCH3 is 1. The van der Waals surface area contributed by atoms with Gasteiger partial charge in [0.2, 0.25) is 0 Å². The van der Waals surface area contributed by atoms with Crippen LogP contribution < -0.4 is 10.0 Å². The van der Waals surface area contributed by atoms with E-state index in [9.17, 15) is 0 Å². The maximum atomic E-state index is 6.01. The van der Waals surface area contributed by atoms with Crippen molar-refractivity contribution >= 4 is 24.5 Å². The van der Waals surface area contributed by atoms with Crippen LogP contribution in [0.25, 0.3) is 0 Å². The van der Waals surface area contributed by atoms with Crippen molar-refractivity contribution in [1.29, 1.82) is 0 Å². The first-order valence-corrected chi connectivity index (χ1v) is 7.55. The second kappa shape index (κ2) is 6.04. The van der Waals surface area contributed by atoms with Gasteiger partial charge in [-0.05, 0) is 24.0 Å². The molecule has 1 atom stereocenters. The monoisotopic (exact) mass is 274 g/mol. The van der Waals surface area contributed by atoms with E-state index in [4.69, 9.17) is 20.7 Å². The van der Waals surface area contributed by atoms with Gasteiger partial charge in [-0.3, -0.25) is 0 Å². The third kappa shape index (κ3) is 3.84. The molecule has 0 bridgehead atoms. The minimum atomic E-state index is 0.0282. The van der Waals surface area contributed by atoms with Crippen molar-refractivity contribution in [2.24, 2.45) is 0 Å². The van der Waals surface area contributed by atoms with Crippen molar-refractivity contribution in [2.45, 2.75) is 33.1 Å². The molecule has 0 spiro atoms. The summed E-state index contributed by atoms with van der Waals surface area (Å²) in [4.78, 5) is 0. The topological polar surface area (TPSA) is 18.5 Å². The van der Waals surface area contributed by atoms with Crippen LogP contribution in [0.4, 0.5) is 0 Å². The number of hydrogen-bond donors (Lipinski definition) is 0. The minimum Gasteiger partial charge on any atom is -0.467 e. The standard InChI is InChI=1S/C13H20ClO2P/c1-9-6-10(13(2,3)4)12(16-8-15-5)11(7-9)17-14/h6-7,17H,8H2,1-5H3. The van der Waals surface area contributed by atoms with Crippen molar-refractivity contribution < 1.29 is 9.47 Å². The molecule has 1 rings (SSSR count). The Hall–Kier alpha value is -0.300. The molecular weight excluding hydrogens is 255 g/mol. The van der Waals surface area contributed by atoms with E-state index in [0.717, 1.165) is 11.1 Å². The summed E-state index contributed by atoms with van der Waals surface area (Å²) in [5.74, 6) is 0.873. The molecule has 1 unspecified atom stereocenters. The largest absolute Gasteiger partial charge is 0.467 e. The summed E-state index contributed by atoms with van der Waals surface area (Å²) >= 11 is 6.01. The van der Waals surface area contributed by atoms with E-state index in [-0.39, 0.29) is 20.1 Å². The molecule has 4 heteroatoms. The third-order valence-electron chi connectivity index (χ3n) is 2.46. The van der Waals surface area contributed by atoms with Gasteiger partial charge in [0, 0.05) is 25.9 Å². The molecule has 1 aromatic rings. The summed E-state index contributed by atoms with van der Waals surface area (Å²) in [5.41, 5.74) is 2.42. The molecule has 0 radical (unpaired) electrons. The average Bonchev–Trinajstić information content (AvgIpc) is 2.25. The average molecular weight is 275 g/mol. The molecule has 0 aliphatic heterocycles. The van der Waals surface area contributed by atoms with Crippen molar-refractivity contribution in [1.82, 2.24) is 0 Å². The molecule has 0 amide bonds. The van der Waals surface area contributed by atoms with Gasteiger partial charge in [0.15, 0.2) is 6.79 Å². The first kappa shape index (κ1) is 14.8. The highest BCUT2D eigenvalue weighted by Crippen LogP contribution is 2.35. The summed E-state index contributed by atoms with van der Waals surface area (Å²) in [6.45, 7) is 8.84. The fourth-order valence-electron chi connectivity index (χ4n) is 1.67. The smallest absolute Gasteiger partial charge is 0.188 e. The van der Waals surface area contributed by atoms with Crippen LogP contribution in [0.2, 0.25) is 0 Å². The van der Waals surface area contributed by atoms with Gasteiger partial charge in [0.1, 0.15) is 5.75 Å². The van der Waals surface area contributed by atoms with Crippen LogP contribution in [0.15, 0.2) is 12.1 Å². The number of benzene rings is 1. The predicted molar refractivity (Wildman–Crippen MR) is 76.2 cm³/mol. The molecule has 0 heterocycles. The number of ether oxygens (including phenoxy) is 2. The molecule has 0 aliphatic carbocycles. The Bertz CT molecular complexity index is 386. The normalized spacial score (nSPS) is 12.4. The molecule has 0 saturated heterocycles. The quantitative estimate of drug-likeness (QED) is 0.615. The highest BCUT2D eigenvalue weighted by Gasteiger charge is 2.22. The van der Waals surface area contributed by atoms with Crippen LogP contribution >= 0.6 is 19.2 Å². The Balaban J connectivity index is 3.28. The number of aryl methyl sites for hydroxylation is 1. The van der Waals surface area contributed by atoms with Gasteiger partial charge in [-0.15, -0.1) is 0 Å². The van der Waals surface area contributed by atoms with E-state index in [0.29, 0.717) is 0 Å². The highest BCUT2D eigenvalue weighted by molar-refractivity contribution is 7.75. The lowest BCUT2D eigenvalue weighted by atomic mass is 9.85. The van der Waals surface area contributed by atoms with Crippen molar-refractivity contribution in [3.05, 3.63) is 23.3 Å². The molecule has 96 valence electrons. The summed E-state index contributed by atoms with van der Waals surface area (Å²) in [6, 6.07) is 4.23. The van der Waals surface area contributed by atoms with Gasteiger partial charge in [-0.2, -0.15) is 0 Å². The van der Waals surface area contributed by atoms with E-state index < -0.39 is 0 Å². The van der Waals surface area contributed by atoms with E-state index >= 15 is 0 Å². The van der Waals surface area contributed by atoms with Gasteiger partial charge in [-0.1, -0.05) is 38.1 Å². The van der Waals surface area contributed by atoms with Gasteiger partial charge < -0.3 is 9.47 Å². The third-order valence-corrected chi connectivity index (χ3v) is 3.65. The first-order chi connectivity index (χ1) is 7.90. The lowest BCUT2D eigenvalue weighted by molar-refractivity contribution is 0.0506. The van der Waals surface area contributed by atoms with Crippen LogP contribution in [0.3, 0.4) is 0 Å². The van der Waals surface area contributed by atoms with E-state index in [2.05, 4.69) is 39.8 Å². The summed E-state index contributed by atoms with van der Waals surface area (Å²) in [5, 5.41) is 1.05. The summed E-state index contributed by atoms with van der Waals surface area (Å²) in [6.07, 6.45) is 0. The fourth-order valence-corrected chi connectivity index (χ4v) is 2.67. The predicted octanol–water partition coefficient (Wildman–Crippen LogP) is 3.73. The van der Waals surface area contributed by atoms with Crippen molar-refractivity contribution in [2.75, 3.05) is 13.9 Å². The van der Waals surface area contributed by atoms with Crippen molar-refractivity contribution in [3.63, 3.8) is 0 Å². The molecule has 0 aliphatic rings. The van der Waals surface area contributed by atoms with Gasteiger partial charge in [0.25, 0.3) is 0 Å². The number of halogens is 1. The van der Waals surface area contributed by atoms with Crippen LogP contribution in [-0.2, 0) is 10.2 Å². The molecule has 0 N–H and O–H groups in total. The lowest BCUT2D eigenvalue weighted by Crippen LogP contribution is -2.19. The maximum Gasteiger partial charge on any atom is 0.188 e. The van der Waals surface area contributed by atoms with E-state index in [1.54, 1.807) is 7.11 Å². The Morgan fingerprint density at radius 2 is 1.94 bits per heavy atom. The fraction of sp³-hybridized carbons (Fsp3) is 0.538. The van der Waals surface area contributed by atoms with E-state index in [1.165, 1.54) is 11.1 Å². The van der Waals surface area contributed by atoms with Crippen molar-refractivity contribution in [3.8, 4) is 5.75 Å². The lowest BCUT2D eigenvalue weighted by Gasteiger charge is -2.25. The minimum absolute atomic E-state index is 0.0282. The van der Waals surface area contributed by atoms with Gasteiger partial charge in [-0.25, -0.2) is 0 Å². The van der Waals surface area contributed by atoms with Gasteiger partial charge in [0.05, 0.1) is 0 Å². The first-order valence-electron chi connectivity index (χ1n) is 5.53. The molecular formula is C13H20ClO2P. The van der Waals surface area contributed by atoms with Gasteiger partial charge >= 0.3 is 0 Å². The zero-order valence-corrected chi connectivity index (χ0v) is 12.8. The maximum absolute atomic E-state index is 6.01. The number of rotatable bonds is 4. The van der Waals surface area contributed by atoms with E-state index in [1.807, 2.05) is 0 Å². The zero-order chi connectivity index (χ0) is 13.1. The second-order valence-corrected chi connectivity index (χ2v) is 6.38. The molecule has 0 saturated carbocycles. The SMILES string of the molecule is COCOc1c(PCl)cc(C)cc1C(C)(C)C. The molecule has 0 fully saturated rings. The Kier molecular flexibility index (Phi) is 5.24. The summed E-state index contributed by atoms with van der Waals surface area (Å²) in [7, 11) is 1.82. The Labute approximate surface area is 110 Å². The van der Waals surface area contributed by atoms with Crippen LogP contribution in [0.1, 0.15) is 31.9 Å². The van der Waals surface area contributed by atoms with Crippen LogP contribution in [-0.4, -0.2) is 13.9 Å².